The van der Waals surface area contributed by atoms with Crippen molar-refractivity contribution in [3.05, 3.63) is 95.5 Å². The van der Waals surface area contributed by atoms with E-state index in [-0.39, 0.29) is 23.6 Å². The van der Waals surface area contributed by atoms with Crippen molar-refractivity contribution < 1.29 is 26.4 Å². The van der Waals surface area contributed by atoms with Crippen molar-refractivity contribution in [3.8, 4) is 0 Å². The van der Waals surface area contributed by atoms with Crippen molar-refractivity contribution >= 4 is 22.3 Å². The number of carbonyl (C=O) groups excluding carboxylic acids is 1. The topological polar surface area (TPSA) is 127 Å². The highest BCUT2D eigenvalue weighted by Crippen LogP contribution is 2.32. The Kier molecular flexibility index (Phi) is 8.64. The molecule has 0 radical (unpaired) electrons. The third kappa shape index (κ3) is 7.36. The molecule has 238 valence electrons. The number of fused-ring (bicyclic) bond motifs is 1. The molecule has 1 saturated heterocycles. The Morgan fingerprint density at radius 1 is 1.04 bits per heavy atom. The highest BCUT2D eigenvalue weighted by atomic mass is 32.2. The molecule has 1 fully saturated rings. The number of piperidine rings is 1. The number of halogens is 3. The number of carbonyl (C=O) groups is 1. The van der Waals surface area contributed by atoms with Gasteiger partial charge in [0.2, 0.25) is 10.0 Å². The molecule has 0 spiro atoms. The first kappa shape index (κ1) is 30.8. The van der Waals surface area contributed by atoms with Crippen LogP contribution in [0.4, 0.5) is 18.0 Å². The van der Waals surface area contributed by atoms with Gasteiger partial charge in [0.25, 0.3) is 0 Å². The number of alkyl halides is 3. The van der Waals surface area contributed by atoms with Crippen molar-refractivity contribution in [1.29, 1.82) is 0 Å². The predicted octanol–water partition coefficient (Wildman–Crippen LogP) is 4.21. The van der Waals surface area contributed by atoms with E-state index in [4.69, 9.17) is 0 Å². The summed E-state index contributed by atoms with van der Waals surface area (Å²) in [5.41, 5.74) is 3.07. The van der Waals surface area contributed by atoms with E-state index in [9.17, 15) is 26.4 Å². The zero-order valence-electron chi connectivity index (χ0n) is 24.3. The van der Waals surface area contributed by atoms with E-state index < -0.39 is 28.8 Å². The molecule has 2 atom stereocenters. The number of imidazole rings is 1. The Morgan fingerprint density at radius 2 is 1.82 bits per heavy atom. The van der Waals surface area contributed by atoms with E-state index in [0.29, 0.717) is 44.5 Å². The van der Waals surface area contributed by atoms with Crippen LogP contribution in [0.25, 0.3) is 0 Å². The molecule has 3 aliphatic rings. The van der Waals surface area contributed by atoms with E-state index in [1.807, 2.05) is 65.0 Å². The average Bonchev–Trinajstić information content (AvgIpc) is 3.68. The minimum absolute atomic E-state index is 0.00276. The first-order chi connectivity index (χ1) is 21.5. The maximum absolute atomic E-state index is 12.9. The second kappa shape index (κ2) is 12.6. The van der Waals surface area contributed by atoms with Gasteiger partial charge in [0.1, 0.15) is 12.4 Å². The number of hydrogen-bond donors (Lipinski definition) is 2. The van der Waals surface area contributed by atoms with Gasteiger partial charge in [-0.1, -0.05) is 42.5 Å². The van der Waals surface area contributed by atoms with Gasteiger partial charge in [-0.15, -0.1) is 0 Å². The normalized spacial score (nSPS) is 20.9. The van der Waals surface area contributed by atoms with Crippen LogP contribution in [0.3, 0.4) is 0 Å². The lowest BCUT2D eigenvalue weighted by molar-refractivity contribution is -0.122. The van der Waals surface area contributed by atoms with Crippen LogP contribution in [0.1, 0.15) is 59.8 Å². The Balaban J connectivity index is 1.04. The SMILES string of the molecule is O=C(NCC(F)(F)F)NC1=CC=CC(c2cnc3n2N=CC(c2cnn(C4CCN(S(=O)(=O)Cc5ccccc5)CC4)c2)C3)C1. The summed E-state index contributed by atoms with van der Waals surface area (Å²) in [6.45, 7) is -0.518. The molecule has 1 aromatic carbocycles. The smallest absolute Gasteiger partial charge is 0.329 e. The Morgan fingerprint density at radius 3 is 2.58 bits per heavy atom. The van der Waals surface area contributed by atoms with Gasteiger partial charge in [-0.05, 0) is 36.5 Å². The molecule has 4 heterocycles. The maximum atomic E-state index is 12.9. The maximum Gasteiger partial charge on any atom is 0.405 e. The standard InChI is InChI=1S/C30H33F3N8O3S/c31-30(32,33)20-35-29(42)38-25-8-4-7-22(13-25)27-17-34-28-14-23(15-37-41(27)28)24-16-36-40(18-24)26-9-11-39(12-10-26)45(43,44)19-21-5-2-1-3-6-21/h1-8,15-18,22-23,26H,9-14,19-20H2,(H2,35,38,42). The molecule has 2 N–H and O–H groups in total. The second-order valence-corrected chi connectivity index (χ2v) is 13.4. The Bertz CT molecular complexity index is 1720. The number of urea groups is 1. The van der Waals surface area contributed by atoms with Crippen molar-refractivity contribution in [1.82, 2.24) is 34.4 Å². The lowest BCUT2D eigenvalue weighted by Gasteiger charge is -2.31. The molecule has 2 aromatic heterocycles. The number of amides is 2. The molecule has 2 aliphatic heterocycles. The summed E-state index contributed by atoms with van der Waals surface area (Å²) >= 11 is 0. The minimum atomic E-state index is -4.49. The first-order valence-electron chi connectivity index (χ1n) is 14.7. The fourth-order valence-corrected chi connectivity index (χ4v) is 7.44. The molecule has 3 aromatic rings. The molecule has 2 amide bonds. The molecule has 15 heteroatoms. The molecule has 1 aliphatic carbocycles. The van der Waals surface area contributed by atoms with Gasteiger partial charge in [-0.3, -0.25) is 4.68 Å². The summed E-state index contributed by atoms with van der Waals surface area (Å²) in [7, 11) is -3.39. The van der Waals surface area contributed by atoms with Gasteiger partial charge in [0, 0.05) is 49.5 Å². The van der Waals surface area contributed by atoms with E-state index in [1.54, 1.807) is 27.3 Å². The van der Waals surface area contributed by atoms with Crippen LogP contribution in [0.2, 0.25) is 0 Å². The van der Waals surface area contributed by atoms with Crippen LogP contribution in [0.5, 0.6) is 0 Å². The first-order valence-corrected chi connectivity index (χ1v) is 16.3. The number of allylic oxidation sites excluding steroid dienone is 4. The molecular formula is C30H33F3N8O3S. The van der Waals surface area contributed by atoms with Gasteiger partial charge in [0.15, 0.2) is 0 Å². The fraction of sp³-hybridized carbons (Fsp3) is 0.400. The average molecular weight is 643 g/mol. The van der Waals surface area contributed by atoms with Crippen LogP contribution in [0, 0.1) is 0 Å². The van der Waals surface area contributed by atoms with Crippen LogP contribution in [0.15, 0.2) is 77.9 Å². The number of nitrogens with one attached hydrogen (secondary N) is 2. The van der Waals surface area contributed by atoms with E-state index in [0.717, 1.165) is 22.6 Å². The number of aromatic nitrogens is 4. The van der Waals surface area contributed by atoms with E-state index in [1.165, 1.54) is 0 Å². The van der Waals surface area contributed by atoms with Crippen molar-refractivity contribution in [2.45, 2.75) is 55.5 Å². The van der Waals surface area contributed by atoms with Crippen molar-refractivity contribution in [2.24, 2.45) is 5.10 Å². The predicted molar refractivity (Wildman–Crippen MR) is 161 cm³/mol. The summed E-state index contributed by atoms with van der Waals surface area (Å²) in [5.74, 6) is 0.553. The minimum Gasteiger partial charge on any atom is -0.329 e. The number of sulfonamides is 1. The van der Waals surface area contributed by atoms with Crippen LogP contribution >= 0.6 is 0 Å². The summed E-state index contributed by atoms with van der Waals surface area (Å²) in [4.78, 5) is 16.5. The summed E-state index contributed by atoms with van der Waals surface area (Å²) in [6.07, 6.45) is 10.6. The lowest BCUT2D eigenvalue weighted by atomic mass is 9.95. The molecule has 0 saturated carbocycles. The van der Waals surface area contributed by atoms with Crippen LogP contribution in [-0.4, -0.2) is 70.2 Å². The third-order valence-corrected chi connectivity index (χ3v) is 10.1. The van der Waals surface area contributed by atoms with Crippen LogP contribution in [-0.2, 0) is 22.2 Å². The van der Waals surface area contributed by atoms with Gasteiger partial charge < -0.3 is 10.6 Å². The monoisotopic (exact) mass is 642 g/mol. The van der Waals surface area contributed by atoms with Gasteiger partial charge in [0.05, 0.1) is 29.9 Å². The molecular weight excluding hydrogens is 609 g/mol. The zero-order chi connectivity index (χ0) is 31.6. The van der Waals surface area contributed by atoms with Gasteiger partial charge >= 0.3 is 12.2 Å². The highest BCUT2D eigenvalue weighted by molar-refractivity contribution is 7.88. The number of hydrogen-bond acceptors (Lipinski definition) is 6. The molecule has 0 bridgehead atoms. The van der Waals surface area contributed by atoms with Crippen molar-refractivity contribution in [2.75, 3.05) is 19.6 Å². The molecule has 11 nitrogen and oxygen atoms in total. The van der Waals surface area contributed by atoms with Crippen LogP contribution < -0.4 is 10.6 Å². The van der Waals surface area contributed by atoms with Gasteiger partial charge in [-0.2, -0.15) is 23.4 Å². The molecule has 2 unspecified atom stereocenters. The summed E-state index contributed by atoms with van der Waals surface area (Å²) in [6, 6.07) is 8.39. The third-order valence-electron chi connectivity index (χ3n) is 8.22. The fourth-order valence-electron chi connectivity index (χ4n) is 5.87. The molecule has 45 heavy (non-hydrogen) atoms. The van der Waals surface area contributed by atoms with E-state index in [2.05, 4.69) is 20.5 Å². The number of benzene rings is 1. The largest absolute Gasteiger partial charge is 0.405 e. The quantitative estimate of drug-likeness (QED) is 0.381. The number of nitrogens with zero attached hydrogens (tertiary/aromatic N) is 6. The van der Waals surface area contributed by atoms with Gasteiger partial charge in [-0.25, -0.2) is 27.2 Å². The van der Waals surface area contributed by atoms with E-state index >= 15 is 0 Å². The molecule has 6 rings (SSSR count). The zero-order valence-corrected chi connectivity index (χ0v) is 25.1. The van der Waals surface area contributed by atoms with Crippen molar-refractivity contribution in [3.63, 3.8) is 0 Å². The Labute approximate surface area is 258 Å². The Hall–Kier alpha value is -4.24. The number of rotatable bonds is 8. The summed E-state index contributed by atoms with van der Waals surface area (Å²) < 4.78 is 68.4. The lowest BCUT2D eigenvalue weighted by Crippen LogP contribution is -2.40. The summed E-state index contributed by atoms with van der Waals surface area (Å²) in [5, 5.41) is 13.6. The highest BCUT2D eigenvalue weighted by Gasteiger charge is 2.31. The second-order valence-electron chi connectivity index (χ2n) is 11.4.